The number of allylic oxidation sites excluding steroid dienone is 2. The van der Waals surface area contributed by atoms with Gasteiger partial charge in [0.2, 0.25) is 0 Å². The number of ketones is 1. The molecular weight excluding hydrogens is 244 g/mol. The molecule has 0 amide bonds. The Kier molecular flexibility index (Phi) is 4.47. The zero-order chi connectivity index (χ0) is 15.0. The van der Waals surface area contributed by atoms with Crippen LogP contribution in [0.4, 0.5) is 0 Å². The Bertz CT molecular complexity index is 387. The van der Waals surface area contributed by atoms with E-state index >= 15 is 0 Å². The van der Waals surface area contributed by atoms with Crippen LogP contribution in [0, 0.1) is 28.6 Å². The number of hydrogen-bond donors (Lipinski definition) is 0. The number of Topliss-reactive ketones (excluding diaryl/α,β-unsaturated/α-hetero) is 1. The molecule has 2 rings (SSSR count). The molecule has 2 saturated carbocycles. The molecule has 2 aliphatic carbocycles. The average molecular weight is 276 g/mol. The summed E-state index contributed by atoms with van der Waals surface area (Å²) >= 11 is 0. The lowest BCUT2D eigenvalue weighted by molar-refractivity contribution is -0.129. The van der Waals surface area contributed by atoms with Gasteiger partial charge in [-0.25, -0.2) is 0 Å². The third kappa shape index (κ3) is 3.18. The summed E-state index contributed by atoms with van der Waals surface area (Å²) in [7, 11) is 0. The molecule has 0 bridgehead atoms. The Morgan fingerprint density at radius 3 is 2.70 bits per heavy atom. The highest BCUT2D eigenvalue weighted by atomic mass is 16.1. The predicted octanol–water partition coefficient (Wildman–Crippen LogP) is 5.40. The fraction of sp³-hybridized carbons (Fsp3) is 0.842. The Hall–Kier alpha value is -0.590. The molecule has 1 nitrogen and oxygen atoms in total. The summed E-state index contributed by atoms with van der Waals surface area (Å²) in [6, 6.07) is 0. The number of rotatable bonds is 3. The summed E-state index contributed by atoms with van der Waals surface area (Å²) in [6.07, 6.45) is 11.5. The Labute approximate surface area is 125 Å². The van der Waals surface area contributed by atoms with Gasteiger partial charge < -0.3 is 0 Å². The second-order valence-electron chi connectivity index (χ2n) is 8.61. The highest BCUT2D eigenvalue weighted by Gasteiger charge is 2.51. The van der Waals surface area contributed by atoms with Gasteiger partial charge in [0.05, 0.1) is 0 Å². The summed E-state index contributed by atoms with van der Waals surface area (Å²) in [5, 5.41) is 0. The molecule has 2 aliphatic rings. The van der Waals surface area contributed by atoms with Crippen LogP contribution < -0.4 is 0 Å². The first kappa shape index (κ1) is 15.8. The first-order chi connectivity index (χ1) is 9.24. The summed E-state index contributed by atoms with van der Waals surface area (Å²) in [5.41, 5.74) is 0.653. The van der Waals surface area contributed by atoms with Gasteiger partial charge in [-0.3, -0.25) is 4.79 Å². The van der Waals surface area contributed by atoms with Crippen molar-refractivity contribution in [1.29, 1.82) is 0 Å². The summed E-state index contributed by atoms with van der Waals surface area (Å²) in [6.45, 7) is 11.6. The zero-order valence-corrected chi connectivity index (χ0v) is 14.0. The number of fused-ring (bicyclic) bond motifs is 1. The van der Waals surface area contributed by atoms with Gasteiger partial charge in [0, 0.05) is 12.3 Å². The van der Waals surface area contributed by atoms with Gasteiger partial charge >= 0.3 is 0 Å². The van der Waals surface area contributed by atoms with Crippen molar-refractivity contribution in [3.05, 3.63) is 12.2 Å². The second kappa shape index (κ2) is 5.66. The third-order valence-electron chi connectivity index (χ3n) is 5.74. The second-order valence-corrected chi connectivity index (χ2v) is 8.61. The van der Waals surface area contributed by atoms with Gasteiger partial charge in [-0.05, 0) is 54.8 Å². The first-order valence-corrected chi connectivity index (χ1v) is 8.43. The molecule has 2 fully saturated rings. The van der Waals surface area contributed by atoms with Crippen molar-refractivity contribution in [3.8, 4) is 0 Å². The van der Waals surface area contributed by atoms with Crippen LogP contribution in [-0.4, -0.2) is 5.78 Å². The first-order valence-electron chi connectivity index (χ1n) is 8.43. The third-order valence-corrected chi connectivity index (χ3v) is 5.74. The van der Waals surface area contributed by atoms with Gasteiger partial charge in [0.15, 0.2) is 0 Å². The smallest absolute Gasteiger partial charge is 0.136 e. The van der Waals surface area contributed by atoms with E-state index in [0.29, 0.717) is 29.0 Å². The van der Waals surface area contributed by atoms with E-state index < -0.39 is 0 Å². The van der Waals surface area contributed by atoms with E-state index in [0.717, 1.165) is 25.7 Å². The van der Waals surface area contributed by atoms with Crippen LogP contribution in [0.3, 0.4) is 0 Å². The van der Waals surface area contributed by atoms with Crippen LogP contribution in [-0.2, 0) is 4.79 Å². The van der Waals surface area contributed by atoms with Gasteiger partial charge in [-0.15, -0.1) is 0 Å². The molecule has 4 atom stereocenters. The quantitative estimate of drug-likeness (QED) is 0.631. The van der Waals surface area contributed by atoms with Crippen molar-refractivity contribution in [3.63, 3.8) is 0 Å². The summed E-state index contributed by atoms with van der Waals surface area (Å²) < 4.78 is 0. The van der Waals surface area contributed by atoms with Gasteiger partial charge in [0.1, 0.15) is 5.78 Å². The van der Waals surface area contributed by atoms with Crippen molar-refractivity contribution in [2.24, 2.45) is 28.6 Å². The van der Waals surface area contributed by atoms with E-state index in [1.54, 1.807) is 0 Å². The lowest BCUT2D eigenvalue weighted by Gasteiger charge is -2.41. The van der Waals surface area contributed by atoms with E-state index in [2.05, 4.69) is 46.8 Å². The molecular formula is C19H32O. The van der Waals surface area contributed by atoms with Gasteiger partial charge in [-0.2, -0.15) is 0 Å². The Morgan fingerprint density at radius 2 is 2.05 bits per heavy atom. The van der Waals surface area contributed by atoms with Crippen LogP contribution in [0.25, 0.3) is 0 Å². The van der Waals surface area contributed by atoms with Gasteiger partial charge in [0.25, 0.3) is 0 Å². The van der Waals surface area contributed by atoms with Crippen LogP contribution in [0.2, 0.25) is 0 Å². The minimum Gasteiger partial charge on any atom is -0.299 e. The van der Waals surface area contributed by atoms with Crippen LogP contribution in [0.5, 0.6) is 0 Å². The van der Waals surface area contributed by atoms with E-state index in [1.807, 2.05) is 0 Å². The maximum Gasteiger partial charge on any atom is 0.136 e. The highest BCUT2D eigenvalue weighted by molar-refractivity contribution is 5.83. The monoisotopic (exact) mass is 276 g/mol. The van der Waals surface area contributed by atoms with E-state index in [4.69, 9.17) is 0 Å². The molecule has 20 heavy (non-hydrogen) atoms. The molecule has 0 heterocycles. The predicted molar refractivity (Wildman–Crippen MR) is 85.6 cm³/mol. The fourth-order valence-corrected chi connectivity index (χ4v) is 4.60. The topological polar surface area (TPSA) is 17.1 Å². The molecule has 0 aliphatic heterocycles. The molecule has 0 saturated heterocycles. The van der Waals surface area contributed by atoms with Crippen molar-refractivity contribution >= 4 is 5.78 Å². The lowest BCUT2D eigenvalue weighted by atomic mass is 9.62. The molecule has 114 valence electrons. The van der Waals surface area contributed by atoms with E-state index in [1.165, 1.54) is 12.8 Å². The zero-order valence-electron chi connectivity index (χ0n) is 14.0. The van der Waals surface area contributed by atoms with Crippen molar-refractivity contribution in [2.45, 2.75) is 73.1 Å². The average Bonchev–Trinajstić information content (AvgIpc) is 2.66. The fourth-order valence-electron chi connectivity index (χ4n) is 4.60. The van der Waals surface area contributed by atoms with Crippen LogP contribution in [0.1, 0.15) is 73.1 Å². The summed E-state index contributed by atoms with van der Waals surface area (Å²) in [4.78, 5) is 12.2. The number of carbonyl (C=O) groups is 1. The van der Waals surface area contributed by atoms with Crippen molar-refractivity contribution in [1.82, 2.24) is 0 Å². The molecule has 1 heteroatoms. The SMILES string of the molecule is C[C@H](/C=C/CC(C)(C)C)C1CCC2C(=O)CCC[C@@]21C. The minimum atomic E-state index is 0.279. The van der Waals surface area contributed by atoms with E-state index in [-0.39, 0.29) is 5.41 Å². The number of carbonyl (C=O) groups excluding carboxylic acids is 1. The molecule has 2 unspecified atom stereocenters. The normalized spacial score (nSPS) is 36.4. The van der Waals surface area contributed by atoms with Crippen molar-refractivity contribution in [2.75, 3.05) is 0 Å². The Morgan fingerprint density at radius 1 is 1.35 bits per heavy atom. The van der Waals surface area contributed by atoms with Gasteiger partial charge in [-0.1, -0.05) is 46.8 Å². The molecule has 0 spiro atoms. The lowest BCUT2D eigenvalue weighted by Crippen LogP contribution is -2.39. The largest absolute Gasteiger partial charge is 0.299 e. The Balaban J connectivity index is 2.04. The molecule has 0 radical (unpaired) electrons. The number of hydrogen-bond acceptors (Lipinski definition) is 1. The molecule has 0 N–H and O–H groups in total. The summed E-state index contributed by atoms with van der Waals surface area (Å²) in [5.74, 6) is 2.22. The molecule has 0 aromatic rings. The molecule has 0 aromatic carbocycles. The van der Waals surface area contributed by atoms with Crippen LogP contribution >= 0.6 is 0 Å². The maximum absolute atomic E-state index is 12.2. The molecule has 0 aromatic heterocycles. The van der Waals surface area contributed by atoms with E-state index in [9.17, 15) is 4.79 Å². The standard InChI is InChI=1S/C19H32O/c1-14(8-6-12-18(2,3)4)15-10-11-16-17(20)9-7-13-19(15,16)5/h6,8,14-16H,7,9-13H2,1-5H3/b8-6+/t14-,15?,16?,19-/m1/s1. The van der Waals surface area contributed by atoms with Crippen LogP contribution in [0.15, 0.2) is 12.2 Å². The minimum absolute atomic E-state index is 0.279. The maximum atomic E-state index is 12.2. The highest BCUT2D eigenvalue weighted by Crippen LogP contribution is 2.56. The van der Waals surface area contributed by atoms with Crippen molar-refractivity contribution < 1.29 is 4.79 Å².